The van der Waals surface area contributed by atoms with Crippen LogP contribution in [0.4, 0.5) is 0 Å². The summed E-state index contributed by atoms with van der Waals surface area (Å²) >= 11 is 0. The number of nitrogens with one attached hydrogen (secondary N) is 1. The van der Waals surface area contributed by atoms with Gasteiger partial charge >= 0.3 is 0 Å². The molecule has 0 radical (unpaired) electrons. The Morgan fingerprint density at radius 2 is 1.68 bits per heavy atom. The molecule has 0 amide bonds. The predicted octanol–water partition coefficient (Wildman–Crippen LogP) is 3.28. The number of nitrogens with zero attached hydrogens (tertiary/aromatic N) is 4. The zero-order valence-electron chi connectivity index (χ0n) is 14.6. The van der Waals surface area contributed by atoms with E-state index in [4.69, 9.17) is 4.52 Å². The zero-order valence-corrected chi connectivity index (χ0v) is 14.6. The van der Waals surface area contributed by atoms with Crippen LogP contribution in [-0.4, -0.2) is 34.0 Å². The van der Waals surface area contributed by atoms with E-state index in [9.17, 15) is 0 Å². The van der Waals surface area contributed by atoms with E-state index in [1.54, 1.807) is 6.92 Å². The van der Waals surface area contributed by atoms with Crippen LogP contribution in [0.3, 0.4) is 0 Å². The summed E-state index contributed by atoms with van der Waals surface area (Å²) in [7, 11) is 3.75. The molecule has 0 aliphatic heterocycles. The number of aryl methyl sites for hydroxylation is 1. The van der Waals surface area contributed by atoms with Gasteiger partial charge in [-0.05, 0) is 32.6 Å². The van der Waals surface area contributed by atoms with Crippen molar-refractivity contribution >= 4 is 10.9 Å². The molecule has 6 nitrogen and oxygen atoms in total. The molecule has 0 aliphatic carbocycles. The van der Waals surface area contributed by atoms with E-state index < -0.39 is 0 Å². The fourth-order valence-corrected chi connectivity index (χ4v) is 2.56. The first-order valence-corrected chi connectivity index (χ1v) is 8.11. The van der Waals surface area contributed by atoms with Crippen LogP contribution < -0.4 is 5.32 Å². The lowest BCUT2D eigenvalue weighted by Crippen LogP contribution is -2.01. The van der Waals surface area contributed by atoms with Crippen LogP contribution in [0.15, 0.2) is 59.1 Å². The number of para-hydroxylation sites is 1. The van der Waals surface area contributed by atoms with Gasteiger partial charge in [-0.25, -0.2) is 0 Å². The molecule has 0 saturated carbocycles. The maximum absolute atomic E-state index is 5.29. The molecule has 4 rings (SSSR count). The highest BCUT2D eigenvalue weighted by Gasteiger charge is 2.17. The summed E-state index contributed by atoms with van der Waals surface area (Å²) in [5.41, 5.74) is 2.98. The molecule has 0 bridgehead atoms. The molecule has 128 valence electrons. The molecule has 2 aromatic heterocycles. The molecule has 0 fully saturated rings. The van der Waals surface area contributed by atoms with Crippen molar-refractivity contribution in [3.05, 3.63) is 66.0 Å². The van der Waals surface area contributed by atoms with E-state index in [-0.39, 0.29) is 0 Å². The van der Waals surface area contributed by atoms with Crippen molar-refractivity contribution in [1.82, 2.24) is 25.2 Å². The minimum absolute atomic E-state index is 0.459. The average Bonchev–Trinajstić information content (AvgIpc) is 3.21. The van der Waals surface area contributed by atoms with E-state index in [2.05, 4.69) is 38.8 Å². The minimum atomic E-state index is 0.459. The number of aromatic nitrogens is 4. The highest BCUT2D eigenvalue weighted by Crippen LogP contribution is 2.27. The van der Waals surface area contributed by atoms with Crippen molar-refractivity contribution in [1.29, 1.82) is 0 Å². The van der Waals surface area contributed by atoms with Crippen LogP contribution in [0.5, 0.6) is 0 Å². The third-order valence-corrected chi connectivity index (χ3v) is 3.56. The van der Waals surface area contributed by atoms with Crippen LogP contribution in [0.25, 0.3) is 22.5 Å². The van der Waals surface area contributed by atoms with Gasteiger partial charge in [-0.15, -0.1) is 0 Å². The summed E-state index contributed by atoms with van der Waals surface area (Å²) in [5.74, 6) is 1.07. The second-order valence-corrected chi connectivity index (χ2v) is 5.66. The van der Waals surface area contributed by atoms with Crippen LogP contribution >= 0.6 is 0 Å². The number of hydrogen-bond donors (Lipinski definition) is 1. The second-order valence-electron chi connectivity index (χ2n) is 5.66. The smallest absolute Gasteiger partial charge is 0.279 e. The molecule has 6 heteroatoms. The van der Waals surface area contributed by atoms with Gasteiger partial charge in [0.25, 0.3) is 5.89 Å². The predicted molar refractivity (Wildman–Crippen MR) is 98.3 cm³/mol. The van der Waals surface area contributed by atoms with Gasteiger partial charge < -0.3 is 9.84 Å². The third-order valence-electron chi connectivity index (χ3n) is 3.56. The van der Waals surface area contributed by atoms with E-state index in [1.807, 2.05) is 55.2 Å². The lowest BCUT2D eigenvalue weighted by atomic mass is 10.2. The summed E-state index contributed by atoms with van der Waals surface area (Å²) < 4.78 is 7.26. The Kier molecular flexibility index (Phi) is 5.20. The van der Waals surface area contributed by atoms with Crippen molar-refractivity contribution in [3.63, 3.8) is 0 Å². The summed E-state index contributed by atoms with van der Waals surface area (Å²) in [4.78, 5) is 4.30. The molecule has 0 saturated heterocycles. The number of rotatable bonds is 3. The zero-order chi connectivity index (χ0) is 17.6. The standard InChI is InChI=1S/C17H14N4O.C2H7N/c1-12-18-17(22-20-12)16-14-9-5-6-10-15(14)21(19-16)11-13-7-3-2-4-8-13;1-3-2/h2-10H,11H2,1H3;3H,1-2H3. The Morgan fingerprint density at radius 3 is 2.36 bits per heavy atom. The van der Waals surface area contributed by atoms with Crippen molar-refractivity contribution in [2.75, 3.05) is 14.1 Å². The number of hydrogen-bond acceptors (Lipinski definition) is 5. The van der Waals surface area contributed by atoms with E-state index >= 15 is 0 Å². The van der Waals surface area contributed by atoms with Crippen molar-refractivity contribution < 1.29 is 4.52 Å². The normalized spacial score (nSPS) is 10.5. The summed E-state index contributed by atoms with van der Waals surface area (Å²) in [6.45, 7) is 2.50. The van der Waals surface area contributed by atoms with Gasteiger partial charge in [0.1, 0.15) is 0 Å². The topological polar surface area (TPSA) is 68.8 Å². The summed E-state index contributed by atoms with van der Waals surface area (Å²) in [6.07, 6.45) is 0. The molecule has 2 aromatic carbocycles. The number of benzene rings is 2. The van der Waals surface area contributed by atoms with Gasteiger partial charge in [0.05, 0.1) is 12.1 Å². The Morgan fingerprint density at radius 1 is 1.00 bits per heavy atom. The second kappa shape index (κ2) is 7.72. The van der Waals surface area contributed by atoms with Gasteiger partial charge in [0, 0.05) is 5.39 Å². The molecule has 25 heavy (non-hydrogen) atoms. The molecule has 0 aliphatic rings. The Balaban J connectivity index is 0.000000569. The summed E-state index contributed by atoms with van der Waals surface area (Å²) in [5, 5.41) is 12.3. The molecule has 0 atom stereocenters. The van der Waals surface area contributed by atoms with Gasteiger partial charge in [0.2, 0.25) is 0 Å². The maximum atomic E-state index is 5.29. The van der Waals surface area contributed by atoms with Crippen LogP contribution in [0.1, 0.15) is 11.4 Å². The van der Waals surface area contributed by atoms with Gasteiger partial charge in [-0.1, -0.05) is 53.7 Å². The van der Waals surface area contributed by atoms with Gasteiger partial charge in [-0.3, -0.25) is 4.68 Å². The molecule has 0 unspecified atom stereocenters. The van der Waals surface area contributed by atoms with E-state index in [1.165, 1.54) is 5.56 Å². The number of fused-ring (bicyclic) bond motifs is 1. The first-order valence-electron chi connectivity index (χ1n) is 8.11. The largest absolute Gasteiger partial charge is 0.332 e. The first kappa shape index (κ1) is 16.9. The summed E-state index contributed by atoms with van der Waals surface area (Å²) in [6, 6.07) is 18.3. The maximum Gasteiger partial charge on any atom is 0.279 e. The van der Waals surface area contributed by atoms with Gasteiger partial charge in [0.15, 0.2) is 11.5 Å². The van der Waals surface area contributed by atoms with Gasteiger partial charge in [-0.2, -0.15) is 10.1 Å². The van der Waals surface area contributed by atoms with E-state index in [0.29, 0.717) is 18.3 Å². The first-order chi connectivity index (χ1) is 12.2. The molecule has 1 N–H and O–H groups in total. The fourth-order valence-electron chi connectivity index (χ4n) is 2.56. The Bertz CT molecular complexity index is 943. The quantitative estimate of drug-likeness (QED) is 0.622. The molecular weight excluding hydrogens is 314 g/mol. The van der Waals surface area contributed by atoms with Crippen molar-refractivity contribution in [2.24, 2.45) is 0 Å². The van der Waals surface area contributed by atoms with Crippen LogP contribution in [0, 0.1) is 6.92 Å². The lowest BCUT2D eigenvalue weighted by Gasteiger charge is -2.03. The highest BCUT2D eigenvalue weighted by atomic mass is 16.5. The molecule has 2 heterocycles. The highest BCUT2D eigenvalue weighted by molar-refractivity contribution is 5.91. The lowest BCUT2D eigenvalue weighted by molar-refractivity contribution is 0.424. The SMILES string of the molecule is CNC.Cc1noc(-c2nn(Cc3ccccc3)c3ccccc23)n1. The third kappa shape index (κ3) is 3.75. The Hall–Kier alpha value is -2.99. The molecule has 0 spiro atoms. The molecule has 4 aromatic rings. The Labute approximate surface area is 146 Å². The average molecular weight is 335 g/mol. The fraction of sp³-hybridized carbons (Fsp3) is 0.211. The van der Waals surface area contributed by atoms with Crippen LogP contribution in [-0.2, 0) is 6.54 Å². The van der Waals surface area contributed by atoms with Crippen molar-refractivity contribution in [3.8, 4) is 11.6 Å². The van der Waals surface area contributed by atoms with E-state index in [0.717, 1.165) is 16.6 Å². The van der Waals surface area contributed by atoms with Crippen LogP contribution in [0.2, 0.25) is 0 Å². The van der Waals surface area contributed by atoms with Crippen molar-refractivity contribution in [2.45, 2.75) is 13.5 Å². The molecular formula is C19H21N5O. The minimum Gasteiger partial charge on any atom is -0.332 e. The monoisotopic (exact) mass is 335 g/mol.